The minimum Gasteiger partial charge on any atom is -0.295 e. The lowest BCUT2D eigenvalue weighted by molar-refractivity contribution is -0.136. The normalized spacial score (nSPS) is 18.4. The molecule has 2 aromatic heterocycles. The summed E-state index contributed by atoms with van der Waals surface area (Å²) in [5, 5.41) is 10.4. The standard InChI is InChI=1S/C21H16N6O4/c1-11-2-3-12(9-22-11)16-10-26(25-24-16)13-4-5-14-15(8-13)21(31)27(20(14)30)17-6-7-18(28)23-19(17)29/h2-5,8-10,17H,6-7H2,1H3,(H,23,28,29). The fraction of sp³-hybridized carbons (Fsp3) is 0.190. The first-order valence-electron chi connectivity index (χ1n) is 9.64. The second kappa shape index (κ2) is 6.94. The van der Waals surface area contributed by atoms with Crippen LogP contribution in [0.25, 0.3) is 16.9 Å². The number of imide groups is 2. The maximum Gasteiger partial charge on any atom is 0.262 e. The number of piperidine rings is 1. The van der Waals surface area contributed by atoms with Gasteiger partial charge in [0.1, 0.15) is 11.7 Å². The summed E-state index contributed by atoms with van der Waals surface area (Å²) in [6.45, 7) is 1.89. The molecule has 0 bridgehead atoms. The molecule has 0 radical (unpaired) electrons. The molecule has 0 saturated carbocycles. The summed E-state index contributed by atoms with van der Waals surface area (Å²) in [6.07, 6.45) is 3.59. The second-order valence-electron chi connectivity index (χ2n) is 7.41. The van der Waals surface area contributed by atoms with Gasteiger partial charge in [0, 0.05) is 23.9 Å². The van der Waals surface area contributed by atoms with E-state index in [4.69, 9.17) is 0 Å². The number of hydrogen-bond donors (Lipinski definition) is 1. The Hall–Kier alpha value is -4.21. The Morgan fingerprint density at radius 2 is 1.84 bits per heavy atom. The van der Waals surface area contributed by atoms with Crippen LogP contribution >= 0.6 is 0 Å². The van der Waals surface area contributed by atoms with Gasteiger partial charge in [0.2, 0.25) is 11.8 Å². The quantitative estimate of drug-likeness (QED) is 0.632. The molecule has 1 N–H and O–H groups in total. The van der Waals surface area contributed by atoms with E-state index in [0.717, 1.165) is 16.2 Å². The predicted octanol–water partition coefficient (Wildman–Crippen LogP) is 1.04. The van der Waals surface area contributed by atoms with Crippen molar-refractivity contribution in [3.8, 4) is 16.9 Å². The van der Waals surface area contributed by atoms with Crippen LogP contribution in [0.3, 0.4) is 0 Å². The average molecular weight is 416 g/mol. The molecule has 1 atom stereocenters. The van der Waals surface area contributed by atoms with Gasteiger partial charge >= 0.3 is 0 Å². The maximum atomic E-state index is 13.0. The summed E-state index contributed by atoms with van der Waals surface area (Å²) in [4.78, 5) is 54.5. The zero-order valence-electron chi connectivity index (χ0n) is 16.4. The van der Waals surface area contributed by atoms with Crippen molar-refractivity contribution in [3.05, 3.63) is 59.5 Å². The predicted molar refractivity (Wildman–Crippen MR) is 106 cm³/mol. The summed E-state index contributed by atoms with van der Waals surface area (Å²) in [5.74, 6) is -2.17. The van der Waals surface area contributed by atoms with Gasteiger partial charge in [0.25, 0.3) is 11.8 Å². The van der Waals surface area contributed by atoms with Crippen molar-refractivity contribution in [3.63, 3.8) is 0 Å². The number of amides is 4. The smallest absolute Gasteiger partial charge is 0.262 e. The van der Waals surface area contributed by atoms with Crippen LogP contribution in [0.5, 0.6) is 0 Å². The Morgan fingerprint density at radius 3 is 2.58 bits per heavy atom. The molecule has 2 aliphatic rings. The molecule has 10 heteroatoms. The molecule has 4 heterocycles. The second-order valence-corrected chi connectivity index (χ2v) is 7.41. The minimum absolute atomic E-state index is 0.0741. The topological polar surface area (TPSA) is 127 Å². The van der Waals surface area contributed by atoms with Crippen molar-refractivity contribution in [2.24, 2.45) is 0 Å². The Balaban J connectivity index is 1.45. The van der Waals surface area contributed by atoms with E-state index < -0.39 is 29.7 Å². The highest BCUT2D eigenvalue weighted by Crippen LogP contribution is 2.29. The highest BCUT2D eigenvalue weighted by Gasteiger charge is 2.44. The number of aryl methyl sites for hydroxylation is 1. The molecule has 2 aliphatic heterocycles. The summed E-state index contributed by atoms with van der Waals surface area (Å²) in [7, 11) is 0. The molecule has 0 spiro atoms. The highest BCUT2D eigenvalue weighted by molar-refractivity contribution is 6.23. The number of nitrogens with one attached hydrogen (secondary N) is 1. The SMILES string of the molecule is Cc1ccc(-c2cn(-c3ccc4c(c3)C(=O)N(C3CCC(=O)NC3=O)C4=O)nn2)cn1. The van der Waals surface area contributed by atoms with Gasteiger partial charge < -0.3 is 0 Å². The molecule has 10 nitrogen and oxygen atoms in total. The van der Waals surface area contributed by atoms with Crippen LogP contribution < -0.4 is 5.32 Å². The molecular weight excluding hydrogens is 400 g/mol. The molecule has 1 fully saturated rings. The fourth-order valence-corrected chi connectivity index (χ4v) is 3.74. The van der Waals surface area contributed by atoms with E-state index in [0.29, 0.717) is 11.4 Å². The monoisotopic (exact) mass is 416 g/mol. The maximum absolute atomic E-state index is 13.0. The van der Waals surface area contributed by atoms with Gasteiger partial charge in [-0.15, -0.1) is 5.10 Å². The van der Waals surface area contributed by atoms with Crippen molar-refractivity contribution in [2.45, 2.75) is 25.8 Å². The number of hydrogen-bond acceptors (Lipinski definition) is 7. The molecule has 1 unspecified atom stereocenters. The summed E-state index contributed by atoms with van der Waals surface area (Å²) < 4.78 is 1.50. The lowest BCUT2D eigenvalue weighted by atomic mass is 10.0. The number of benzene rings is 1. The Kier molecular flexibility index (Phi) is 4.21. The molecule has 154 valence electrons. The van der Waals surface area contributed by atoms with E-state index in [9.17, 15) is 19.2 Å². The van der Waals surface area contributed by atoms with Crippen molar-refractivity contribution in [1.82, 2.24) is 30.2 Å². The number of fused-ring (bicyclic) bond motifs is 1. The summed E-state index contributed by atoms with van der Waals surface area (Å²) in [5.41, 5.74) is 3.24. The molecule has 3 aromatic rings. The van der Waals surface area contributed by atoms with E-state index in [-0.39, 0.29) is 24.0 Å². The van der Waals surface area contributed by atoms with Crippen LogP contribution in [-0.2, 0) is 9.59 Å². The van der Waals surface area contributed by atoms with Crippen LogP contribution in [0.15, 0.2) is 42.7 Å². The number of aromatic nitrogens is 4. The summed E-state index contributed by atoms with van der Waals surface area (Å²) >= 11 is 0. The van der Waals surface area contributed by atoms with Crippen LogP contribution in [0.1, 0.15) is 39.3 Å². The third-order valence-corrected chi connectivity index (χ3v) is 5.39. The van der Waals surface area contributed by atoms with Gasteiger partial charge in [-0.25, -0.2) is 4.68 Å². The highest BCUT2D eigenvalue weighted by atomic mass is 16.2. The van der Waals surface area contributed by atoms with Crippen molar-refractivity contribution in [2.75, 3.05) is 0 Å². The molecule has 0 aliphatic carbocycles. The van der Waals surface area contributed by atoms with Crippen molar-refractivity contribution in [1.29, 1.82) is 0 Å². The van der Waals surface area contributed by atoms with Gasteiger partial charge in [-0.1, -0.05) is 5.21 Å². The van der Waals surface area contributed by atoms with Gasteiger partial charge in [-0.05, 0) is 43.7 Å². The first kappa shape index (κ1) is 18.8. The van der Waals surface area contributed by atoms with Gasteiger partial charge in [-0.2, -0.15) is 0 Å². The fourth-order valence-electron chi connectivity index (χ4n) is 3.74. The van der Waals surface area contributed by atoms with Gasteiger partial charge in [0.15, 0.2) is 0 Å². The Labute approximate surface area is 175 Å². The average Bonchev–Trinajstić information content (AvgIpc) is 3.33. The Morgan fingerprint density at radius 1 is 1.03 bits per heavy atom. The third kappa shape index (κ3) is 3.08. The van der Waals surface area contributed by atoms with E-state index in [1.54, 1.807) is 24.5 Å². The van der Waals surface area contributed by atoms with Crippen LogP contribution in [0.4, 0.5) is 0 Å². The van der Waals surface area contributed by atoms with Crippen molar-refractivity contribution >= 4 is 23.6 Å². The lowest BCUT2D eigenvalue weighted by Crippen LogP contribution is -2.54. The molecule has 31 heavy (non-hydrogen) atoms. The molecular formula is C21H16N6O4. The zero-order chi connectivity index (χ0) is 21.7. The lowest BCUT2D eigenvalue weighted by Gasteiger charge is -2.27. The molecule has 1 aromatic carbocycles. The molecule has 4 amide bonds. The van der Waals surface area contributed by atoms with E-state index in [1.807, 2.05) is 19.1 Å². The van der Waals surface area contributed by atoms with Crippen molar-refractivity contribution < 1.29 is 19.2 Å². The van der Waals surface area contributed by atoms with E-state index >= 15 is 0 Å². The number of carbonyl (C=O) groups is 4. The largest absolute Gasteiger partial charge is 0.295 e. The van der Waals surface area contributed by atoms with Crippen LogP contribution in [0, 0.1) is 6.92 Å². The van der Waals surface area contributed by atoms with Crippen LogP contribution in [-0.4, -0.2) is 54.5 Å². The van der Waals surface area contributed by atoms with E-state index in [2.05, 4.69) is 20.6 Å². The minimum atomic E-state index is -0.999. The summed E-state index contributed by atoms with van der Waals surface area (Å²) in [6, 6.07) is 7.50. The Bertz CT molecular complexity index is 1260. The van der Waals surface area contributed by atoms with Gasteiger partial charge in [-0.3, -0.25) is 34.4 Å². The number of pyridine rings is 1. The van der Waals surface area contributed by atoms with Gasteiger partial charge in [0.05, 0.1) is 23.0 Å². The first-order chi connectivity index (χ1) is 14.9. The van der Waals surface area contributed by atoms with E-state index in [1.165, 1.54) is 10.7 Å². The zero-order valence-corrected chi connectivity index (χ0v) is 16.4. The number of nitrogens with zero attached hydrogens (tertiary/aromatic N) is 5. The molecule has 1 saturated heterocycles. The number of carbonyl (C=O) groups excluding carboxylic acids is 4. The first-order valence-corrected chi connectivity index (χ1v) is 9.64. The number of rotatable bonds is 3. The third-order valence-electron chi connectivity index (χ3n) is 5.39. The van der Waals surface area contributed by atoms with Crippen LogP contribution in [0.2, 0.25) is 0 Å². The molecule has 5 rings (SSSR count).